The molecule has 3 heteroatoms. The van der Waals surface area contributed by atoms with Crippen molar-refractivity contribution in [2.75, 3.05) is 0 Å². The highest BCUT2D eigenvalue weighted by atomic mass is 19.1. The van der Waals surface area contributed by atoms with E-state index >= 15 is 0 Å². The molecule has 0 aliphatic carbocycles. The number of hydrogen-bond donors (Lipinski definition) is 2. The molecule has 0 radical (unpaired) electrons. The van der Waals surface area contributed by atoms with Crippen LogP contribution in [-0.4, -0.2) is 10.1 Å². The van der Waals surface area contributed by atoms with Gasteiger partial charge < -0.3 is 10.1 Å². The van der Waals surface area contributed by atoms with Crippen LogP contribution in [0.25, 0.3) is 10.9 Å². The summed E-state index contributed by atoms with van der Waals surface area (Å²) >= 11 is 0. The van der Waals surface area contributed by atoms with Crippen LogP contribution in [0.1, 0.15) is 45.1 Å². The van der Waals surface area contributed by atoms with Gasteiger partial charge in [0.25, 0.3) is 0 Å². The highest BCUT2D eigenvalue weighted by Gasteiger charge is 2.19. The lowest BCUT2D eigenvalue weighted by Gasteiger charge is -2.15. The van der Waals surface area contributed by atoms with Gasteiger partial charge in [-0.1, -0.05) is 20.8 Å². The van der Waals surface area contributed by atoms with Crippen LogP contribution in [0.3, 0.4) is 0 Å². The maximum Gasteiger partial charge on any atom is 0.125 e. The van der Waals surface area contributed by atoms with Gasteiger partial charge in [-0.05, 0) is 30.7 Å². The number of fused-ring (bicyclic) bond motifs is 1. The van der Waals surface area contributed by atoms with E-state index in [0.29, 0.717) is 5.56 Å². The Balaban J connectivity index is 2.72. The number of H-pyrrole nitrogens is 1. The van der Waals surface area contributed by atoms with Crippen LogP contribution in [-0.2, 0) is 5.41 Å². The second-order valence-corrected chi connectivity index (χ2v) is 5.57. The first kappa shape index (κ1) is 12.1. The number of halogens is 1. The number of rotatable bonds is 1. The second-order valence-electron chi connectivity index (χ2n) is 5.57. The van der Waals surface area contributed by atoms with Crippen LogP contribution in [0.15, 0.2) is 18.2 Å². The fourth-order valence-corrected chi connectivity index (χ4v) is 1.98. The van der Waals surface area contributed by atoms with Gasteiger partial charge >= 0.3 is 0 Å². The van der Waals surface area contributed by atoms with Gasteiger partial charge in [0.1, 0.15) is 5.82 Å². The topological polar surface area (TPSA) is 36.0 Å². The minimum absolute atomic E-state index is 0.0224. The van der Waals surface area contributed by atoms with Crippen LogP contribution in [0.4, 0.5) is 4.39 Å². The van der Waals surface area contributed by atoms with E-state index in [1.165, 1.54) is 12.1 Å². The van der Waals surface area contributed by atoms with Crippen molar-refractivity contribution in [3.8, 4) is 0 Å². The van der Waals surface area contributed by atoms with Gasteiger partial charge in [-0.15, -0.1) is 0 Å². The molecule has 1 aromatic carbocycles. The molecule has 0 fully saturated rings. The van der Waals surface area contributed by atoms with E-state index in [1.807, 2.05) is 6.07 Å². The van der Waals surface area contributed by atoms with Crippen molar-refractivity contribution in [1.82, 2.24) is 4.98 Å². The van der Waals surface area contributed by atoms with Crippen molar-refractivity contribution >= 4 is 10.9 Å². The van der Waals surface area contributed by atoms with Crippen molar-refractivity contribution in [3.05, 3.63) is 35.3 Å². The lowest BCUT2D eigenvalue weighted by Crippen LogP contribution is -2.10. The van der Waals surface area contributed by atoms with Crippen LogP contribution < -0.4 is 0 Å². The SMILES string of the molecule is CC(O)c1cc(F)cc2[nH]c(C(C)(C)C)cc12. The summed E-state index contributed by atoms with van der Waals surface area (Å²) in [6, 6.07) is 4.86. The third kappa shape index (κ3) is 2.20. The molecule has 2 aromatic rings. The number of aliphatic hydroxyl groups is 1. The highest BCUT2D eigenvalue weighted by Crippen LogP contribution is 2.30. The maximum atomic E-state index is 13.4. The first-order valence-corrected chi connectivity index (χ1v) is 5.80. The van der Waals surface area contributed by atoms with E-state index in [1.54, 1.807) is 6.92 Å². The Bertz CT molecular complexity index is 549. The molecule has 1 heterocycles. The number of nitrogens with one attached hydrogen (secondary N) is 1. The molecule has 1 unspecified atom stereocenters. The zero-order valence-corrected chi connectivity index (χ0v) is 10.6. The molecule has 17 heavy (non-hydrogen) atoms. The third-order valence-electron chi connectivity index (χ3n) is 2.99. The summed E-state index contributed by atoms with van der Waals surface area (Å²) in [6.07, 6.45) is -0.670. The molecule has 0 saturated carbocycles. The van der Waals surface area contributed by atoms with E-state index in [-0.39, 0.29) is 11.2 Å². The van der Waals surface area contributed by atoms with Crippen molar-refractivity contribution in [1.29, 1.82) is 0 Å². The molecule has 92 valence electrons. The standard InChI is InChI=1S/C14H18FNO/c1-8(17)10-5-9(15)6-12-11(10)7-13(16-12)14(2,3)4/h5-8,16-17H,1-4H3. The van der Waals surface area contributed by atoms with E-state index in [4.69, 9.17) is 0 Å². The highest BCUT2D eigenvalue weighted by molar-refractivity contribution is 5.84. The number of aromatic nitrogens is 1. The lowest BCUT2D eigenvalue weighted by molar-refractivity contribution is 0.200. The van der Waals surface area contributed by atoms with Crippen LogP contribution >= 0.6 is 0 Å². The van der Waals surface area contributed by atoms with E-state index in [9.17, 15) is 9.50 Å². The Morgan fingerprint density at radius 2 is 1.88 bits per heavy atom. The molecule has 0 bridgehead atoms. The minimum Gasteiger partial charge on any atom is -0.389 e. The Hall–Kier alpha value is -1.35. The predicted octanol–water partition coefficient (Wildman–Crippen LogP) is 3.66. The zero-order chi connectivity index (χ0) is 12.8. The average molecular weight is 235 g/mol. The first-order chi connectivity index (χ1) is 7.79. The minimum atomic E-state index is -0.670. The van der Waals surface area contributed by atoms with Gasteiger partial charge in [0, 0.05) is 22.0 Å². The quantitative estimate of drug-likeness (QED) is 0.777. The molecule has 2 rings (SSSR count). The number of aliphatic hydroxyl groups excluding tert-OH is 1. The molecule has 1 aromatic heterocycles. The van der Waals surface area contributed by atoms with Gasteiger partial charge in [0.15, 0.2) is 0 Å². The van der Waals surface area contributed by atoms with E-state index < -0.39 is 6.10 Å². The molecule has 2 N–H and O–H groups in total. The third-order valence-corrected chi connectivity index (χ3v) is 2.99. The molecular weight excluding hydrogens is 217 g/mol. The lowest BCUT2D eigenvalue weighted by atomic mass is 9.92. The molecule has 0 saturated heterocycles. The zero-order valence-electron chi connectivity index (χ0n) is 10.6. The van der Waals surface area contributed by atoms with Crippen LogP contribution in [0, 0.1) is 5.82 Å². The van der Waals surface area contributed by atoms with Crippen molar-refractivity contribution in [2.24, 2.45) is 0 Å². The molecule has 0 amide bonds. The predicted molar refractivity (Wildman–Crippen MR) is 67.6 cm³/mol. The van der Waals surface area contributed by atoms with Crippen molar-refractivity contribution < 1.29 is 9.50 Å². The fraction of sp³-hybridized carbons (Fsp3) is 0.429. The Kier molecular flexibility index (Phi) is 2.74. The molecule has 0 spiro atoms. The van der Waals surface area contributed by atoms with E-state index in [2.05, 4.69) is 25.8 Å². The van der Waals surface area contributed by atoms with Gasteiger partial charge in [-0.3, -0.25) is 0 Å². The summed E-state index contributed by atoms with van der Waals surface area (Å²) < 4.78 is 13.4. The Morgan fingerprint density at radius 1 is 1.24 bits per heavy atom. The summed E-state index contributed by atoms with van der Waals surface area (Å²) in [5.74, 6) is -0.323. The van der Waals surface area contributed by atoms with E-state index in [0.717, 1.165) is 16.6 Å². The number of hydrogen-bond acceptors (Lipinski definition) is 1. The summed E-state index contributed by atoms with van der Waals surface area (Å²) in [5, 5.41) is 10.6. The van der Waals surface area contributed by atoms with Crippen LogP contribution in [0.2, 0.25) is 0 Å². The van der Waals surface area contributed by atoms with Gasteiger partial charge in [-0.2, -0.15) is 0 Å². The van der Waals surface area contributed by atoms with Crippen molar-refractivity contribution in [2.45, 2.75) is 39.2 Å². The summed E-state index contributed by atoms with van der Waals surface area (Å²) in [4.78, 5) is 3.22. The number of aromatic amines is 1. The Morgan fingerprint density at radius 3 is 2.41 bits per heavy atom. The van der Waals surface area contributed by atoms with Crippen LogP contribution in [0.5, 0.6) is 0 Å². The molecule has 2 nitrogen and oxygen atoms in total. The molecule has 0 aliphatic rings. The molecule has 0 aliphatic heterocycles. The van der Waals surface area contributed by atoms with Gasteiger partial charge in [0.05, 0.1) is 6.10 Å². The normalized spacial score (nSPS) is 14.2. The van der Waals surface area contributed by atoms with Crippen molar-refractivity contribution in [3.63, 3.8) is 0 Å². The fourth-order valence-electron chi connectivity index (χ4n) is 1.98. The first-order valence-electron chi connectivity index (χ1n) is 5.80. The number of benzene rings is 1. The smallest absolute Gasteiger partial charge is 0.125 e. The average Bonchev–Trinajstić information content (AvgIpc) is 2.58. The summed E-state index contributed by atoms with van der Waals surface area (Å²) in [7, 11) is 0. The van der Waals surface area contributed by atoms with Gasteiger partial charge in [0.2, 0.25) is 0 Å². The molecule has 1 atom stereocenters. The monoisotopic (exact) mass is 235 g/mol. The summed E-state index contributed by atoms with van der Waals surface area (Å²) in [5.41, 5.74) is 2.39. The largest absolute Gasteiger partial charge is 0.389 e. The van der Waals surface area contributed by atoms with Gasteiger partial charge in [-0.25, -0.2) is 4.39 Å². The summed E-state index contributed by atoms with van der Waals surface area (Å²) in [6.45, 7) is 7.93. The Labute approximate surface area is 100 Å². The molecular formula is C14H18FNO. The maximum absolute atomic E-state index is 13.4. The second kappa shape index (κ2) is 3.84.